The van der Waals surface area contributed by atoms with Gasteiger partial charge in [-0.1, -0.05) is 42.5 Å². The summed E-state index contributed by atoms with van der Waals surface area (Å²) in [5.41, 5.74) is 2.15. The van der Waals surface area contributed by atoms with E-state index in [0.717, 1.165) is 30.0 Å². The van der Waals surface area contributed by atoms with E-state index in [1.165, 1.54) is 0 Å². The van der Waals surface area contributed by atoms with Gasteiger partial charge in [0.15, 0.2) is 0 Å². The average Bonchev–Trinajstić information content (AvgIpc) is 2.84. The minimum atomic E-state index is -0.128. The Balaban J connectivity index is 1.50. The van der Waals surface area contributed by atoms with Crippen molar-refractivity contribution in [3.63, 3.8) is 0 Å². The lowest BCUT2D eigenvalue weighted by Crippen LogP contribution is -2.44. The molecule has 32 heavy (non-hydrogen) atoms. The number of benzene rings is 2. The van der Waals surface area contributed by atoms with Crippen LogP contribution in [0.1, 0.15) is 43.0 Å². The summed E-state index contributed by atoms with van der Waals surface area (Å²) in [6.45, 7) is 5.40. The van der Waals surface area contributed by atoms with Crippen molar-refractivity contribution in [1.29, 1.82) is 0 Å². The SMILES string of the molecule is COc1ccc([C@@H](CNC(=O)CCC(=O)N[C@H](C)c2ccccc2)N2CCOCC2)cc1. The molecule has 0 aliphatic carbocycles. The van der Waals surface area contributed by atoms with Crippen LogP contribution in [-0.4, -0.2) is 56.7 Å². The third-order valence-electron chi connectivity index (χ3n) is 5.74. The molecule has 0 unspecified atom stereocenters. The maximum Gasteiger partial charge on any atom is 0.220 e. The van der Waals surface area contributed by atoms with Crippen LogP contribution >= 0.6 is 0 Å². The van der Waals surface area contributed by atoms with Crippen LogP contribution in [0.5, 0.6) is 5.75 Å². The van der Waals surface area contributed by atoms with Crippen LogP contribution in [0.4, 0.5) is 0 Å². The Morgan fingerprint density at radius 2 is 1.62 bits per heavy atom. The molecule has 7 heteroatoms. The van der Waals surface area contributed by atoms with Gasteiger partial charge in [0.05, 0.1) is 32.4 Å². The van der Waals surface area contributed by atoms with Crippen LogP contribution in [0.25, 0.3) is 0 Å². The largest absolute Gasteiger partial charge is 0.497 e. The number of morpholine rings is 1. The minimum absolute atomic E-state index is 0.0423. The van der Waals surface area contributed by atoms with Gasteiger partial charge in [-0.2, -0.15) is 0 Å². The predicted octanol–water partition coefficient (Wildman–Crippen LogP) is 2.84. The standard InChI is InChI=1S/C25H33N3O4/c1-19(20-6-4-3-5-7-20)27-25(30)13-12-24(29)26-18-23(28-14-16-32-17-15-28)21-8-10-22(31-2)11-9-21/h3-11,19,23H,12-18H2,1-2H3,(H,26,29)(H,27,30)/t19-,23-/m1/s1. The molecule has 2 N–H and O–H groups in total. The fourth-order valence-corrected chi connectivity index (χ4v) is 3.84. The molecule has 2 aromatic rings. The van der Waals surface area contributed by atoms with Gasteiger partial charge in [-0.15, -0.1) is 0 Å². The van der Waals surface area contributed by atoms with Crippen LogP contribution in [0.15, 0.2) is 54.6 Å². The van der Waals surface area contributed by atoms with E-state index in [2.05, 4.69) is 15.5 Å². The molecule has 0 spiro atoms. The van der Waals surface area contributed by atoms with Gasteiger partial charge in [0.1, 0.15) is 5.75 Å². The van der Waals surface area contributed by atoms with Crippen molar-refractivity contribution >= 4 is 11.8 Å². The molecule has 3 rings (SSSR count). The first-order valence-electron chi connectivity index (χ1n) is 11.1. The molecule has 0 radical (unpaired) electrons. The van der Waals surface area contributed by atoms with Gasteiger partial charge in [-0.05, 0) is 30.2 Å². The van der Waals surface area contributed by atoms with E-state index < -0.39 is 0 Å². The van der Waals surface area contributed by atoms with Crippen LogP contribution in [0, 0.1) is 0 Å². The van der Waals surface area contributed by atoms with Crippen LogP contribution in [-0.2, 0) is 14.3 Å². The maximum atomic E-state index is 12.5. The lowest BCUT2D eigenvalue weighted by atomic mass is 10.0. The Hall–Kier alpha value is -2.90. The van der Waals surface area contributed by atoms with E-state index in [9.17, 15) is 9.59 Å². The zero-order chi connectivity index (χ0) is 22.8. The maximum absolute atomic E-state index is 12.5. The van der Waals surface area contributed by atoms with Crippen molar-refractivity contribution in [3.8, 4) is 5.75 Å². The van der Waals surface area contributed by atoms with Gasteiger partial charge in [0, 0.05) is 32.5 Å². The van der Waals surface area contributed by atoms with Gasteiger partial charge >= 0.3 is 0 Å². The first-order chi connectivity index (χ1) is 15.6. The minimum Gasteiger partial charge on any atom is -0.497 e. The lowest BCUT2D eigenvalue weighted by Gasteiger charge is -2.35. The highest BCUT2D eigenvalue weighted by molar-refractivity contribution is 5.83. The first-order valence-corrected chi connectivity index (χ1v) is 11.1. The average molecular weight is 440 g/mol. The molecule has 2 atom stereocenters. The Kier molecular flexibility index (Phi) is 9.07. The highest BCUT2D eigenvalue weighted by atomic mass is 16.5. The highest BCUT2D eigenvalue weighted by Gasteiger charge is 2.23. The van der Waals surface area contributed by atoms with Crippen molar-refractivity contribution in [2.45, 2.75) is 31.8 Å². The Bertz CT molecular complexity index is 851. The summed E-state index contributed by atoms with van der Waals surface area (Å²) < 4.78 is 10.7. The summed E-state index contributed by atoms with van der Waals surface area (Å²) in [5, 5.41) is 5.97. The van der Waals surface area contributed by atoms with Crippen molar-refractivity contribution in [2.75, 3.05) is 40.0 Å². The zero-order valence-electron chi connectivity index (χ0n) is 18.9. The number of nitrogens with zero attached hydrogens (tertiary/aromatic N) is 1. The van der Waals surface area contributed by atoms with E-state index in [4.69, 9.17) is 9.47 Å². The van der Waals surface area contributed by atoms with Crippen LogP contribution in [0.2, 0.25) is 0 Å². The second-order valence-electron chi connectivity index (χ2n) is 7.94. The predicted molar refractivity (Wildman–Crippen MR) is 123 cm³/mol. The number of hydrogen-bond acceptors (Lipinski definition) is 5. The summed E-state index contributed by atoms with van der Waals surface area (Å²) in [6, 6.07) is 17.7. The number of amides is 2. The molecular formula is C25H33N3O4. The smallest absolute Gasteiger partial charge is 0.220 e. The number of carbonyl (C=O) groups excluding carboxylic acids is 2. The molecule has 1 aliphatic heterocycles. The first kappa shape index (κ1) is 23.8. The molecular weight excluding hydrogens is 406 g/mol. The summed E-state index contributed by atoms with van der Waals surface area (Å²) in [7, 11) is 1.64. The van der Waals surface area contributed by atoms with Crippen molar-refractivity contribution in [3.05, 3.63) is 65.7 Å². The van der Waals surface area contributed by atoms with E-state index in [1.807, 2.05) is 61.5 Å². The lowest BCUT2D eigenvalue weighted by molar-refractivity contribution is -0.127. The molecule has 172 valence electrons. The molecule has 2 aromatic carbocycles. The molecule has 1 heterocycles. The fraction of sp³-hybridized carbons (Fsp3) is 0.440. The van der Waals surface area contributed by atoms with Crippen LogP contribution in [0.3, 0.4) is 0 Å². The molecule has 0 aromatic heterocycles. The van der Waals surface area contributed by atoms with Gasteiger partial charge in [0.2, 0.25) is 11.8 Å². The fourth-order valence-electron chi connectivity index (χ4n) is 3.84. The van der Waals surface area contributed by atoms with E-state index in [-0.39, 0.29) is 36.7 Å². The molecule has 1 aliphatic rings. The van der Waals surface area contributed by atoms with Crippen LogP contribution < -0.4 is 15.4 Å². The zero-order valence-corrected chi connectivity index (χ0v) is 18.9. The second-order valence-corrected chi connectivity index (χ2v) is 7.94. The number of rotatable bonds is 10. The summed E-state index contributed by atoms with van der Waals surface area (Å²) in [5.74, 6) is 0.546. The Labute approximate surface area is 190 Å². The van der Waals surface area contributed by atoms with Gasteiger partial charge < -0.3 is 20.1 Å². The van der Waals surface area contributed by atoms with Gasteiger partial charge in [0.25, 0.3) is 0 Å². The van der Waals surface area contributed by atoms with E-state index in [1.54, 1.807) is 7.11 Å². The number of ether oxygens (including phenoxy) is 2. The summed E-state index contributed by atoms with van der Waals surface area (Å²) in [4.78, 5) is 27.1. The number of carbonyl (C=O) groups is 2. The third-order valence-corrected chi connectivity index (χ3v) is 5.74. The van der Waals surface area contributed by atoms with Crippen molar-refractivity contribution < 1.29 is 19.1 Å². The molecule has 1 saturated heterocycles. The highest BCUT2D eigenvalue weighted by Crippen LogP contribution is 2.23. The Morgan fingerprint density at radius 3 is 2.28 bits per heavy atom. The molecule has 1 fully saturated rings. The number of hydrogen-bond donors (Lipinski definition) is 2. The van der Waals surface area contributed by atoms with Gasteiger partial charge in [-0.3, -0.25) is 14.5 Å². The topological polar surface area (TPSA) is 79.9 Å². The van der Waals surface area contributed by atoms with Gasteiger partial charge in [-0.25, -0.2) is 0 Å². The quantitative estimate of drug-likeness (QED) is 0.595. The normalized spacial score (nSPS) is 16.1. The summed E-state index contributed by atoms with van der Waals surface area (Å²) in [6.07, 6.45) is 0.319. The van der Waals surface area contributed by atoms with Crippen molar-refractivity contribution in [2.24, 2.45) is 0 Å². The Morgan fingerprint density at radius 1 is 0.969 bits per heavy atom. The summed E-state index contributed by atoms with van der Waals surface area (Å²) >= 11 is 0. The monoisotopic (exact) mass is 439 g/mol. The molecule has 7 nitrogen and oxygen atoms in total. The van der Waals surface area contributed by atoms with E-state index in [0.29, 0.717) is 19.8 Å². The third kappa shape index (κ3) is 7.07. The molecule has 0 saturated carbocycles. The molecule has 0 bridgehead atoms. The molecule has 2 amide bonds. The number of nitrogens with one attached hydrogen (secondary N) is 2. The second kappa shape index (κ2) is 12.2. The van der Waals surface area contributed by atoms with E-state index >= 15 is 0 Å². The van der Waals surface area contributed by atoms with Crippen molar-refractivity contribution in [1.82, 2.24) is 15.5 Å². The number of methoxy groups -OCH3 is 1.